The highest BCUT2D eigenvalue weighted by molar-refractivity contribution is 6.47. The van der Waals surface area contributed by atoms with Crippen molar-refractivity contribution < 1.29 is 48.0 Å². The van der Waals surface area contributed by atoms with Crippen LogP contribution in [0.5, 0.6) is 0 Å². The predicted molar refractivity (Wildman–Crippen MR) is 240 cm³/mol. The molecular weight excluding hydrogens is 821 g/mol. The lowest BCUT2D eigenvalue weighted by molar-refractivity contribution is -0.199. The monoisotopic (exact) mass is 887 g/mol. The van der Waals surface area contributed by atoms with Crippen LogP contribution in [0.3, 0.4) is 0 Å². The molecule has 0 radical (unpaired) electrons. The van der Waals surface area contributed by atoms with Crippen LogP contribution in [0.15, 0.2) is 48.5 Å². The van der Waals surface area contributed by atoms with Gasteiger partial charge in [0, 0.05) is 12.6 Å². The molecule has 348 valence electrons. The average Bonchev–Trinajstić information content (AvgIpc) is 3.61. The molecule has 8 N–H and O–H groups in total. The van der Waals surface area contributed by atoms with Crippen molar-refractivity contribution in [3.8, 4) is 11.1 Å². The van der Waals surface area contributed by atoms with Gasteiger partial charge in [-0.2, -0.15) is 0 Å². The Bertz CT molecular complexity index is 2050. The van der Waals surface area contributed by atoms with E-state index in [9.17, 15) is 38.7 Å². The van der Waals surface area contributed by atoms with Crippen LogP contribution in [0.4, 0.5) is 0 Å². The minimum absolute atomic E-state index is 0.120. The van der Waals surface area contributed by atoms with Gasteiger partial charge in [0.15, 0.2) is 0 Å². The van der Waals surface area contributed by atoms with Gasteiger partial charge in [0.05, 0.1) is 36.7 Å². The highest BCUT2D eigenvalue weighted by atomic mass is 16.7. The molecule has 0 aromatic heterocycles. The van der Waals surface area contributed by atoms with Gasteiger partial charge in [0.2, 0.25) is 35.4 Å². The second kappa shape index (κ2) is 20.7. The quantitative estimate of drug-likeness (QED) is 0.0951. The van der Waals surface area contributed by atoms with Crippen LogP contribution in [0.1, 0.15) is 103 Å². The van der Waals surface area contributed by atoms with Crippen molar-refractivity contribution >= 4 is 48.5 Å². The van der Waals surface area contributed by atoms with E-state index in [2.05, 4.69) is 59.5 Å². The molecule has 2 unspecified atom stereocenters. The number of aryl methyl sites for hydroxylation is 1. The number of carbonyl (C=O) groups excluding carboxylic acids is 7. The molecule has 3 aliphatic carbocycles. The largest absolute Gasteiger partial charge is 0.481 e. The Balaban J connectivity index is 1.08. The Morgan fingerprint density at radius 1 is 0.828 bits per heavy atom. The van der Waals surface area contributed by atoms with Crippen molar-refractivity contribution in [2.75, 3.05) is 13.6 Å². The lowest BCUT2D eigenvalue weighted by Gasteiger charge is -2.64. The zero-order valence-corrected chi connectivity index (χ0v) is 38.5. The number of likely N-dealkylation sites (N-methyl/N-ethyl adjacent to an activating group) is 1. The van der Waals surface area contributed by atoms with Crippen molar-refractivity contribution in [1.82, 2.24) is 31.5 Å². The number of benzene rings is 2. The third-order valence-electron chi connectivity index (χ3n) is 13.5. The second-order valence-electron chi connectivity index (χ2n) is 18.6. The summed E-state index contributed by atoms with van der Waals surface area (Å²) in [5, 5.41) is 23.3. The molecule has 1 heterocycles. The van der Waals surface area contributed by atoms with Crippen LogP contribution >= 0.6 is 0 Å². The molecule has 7 amide bonds. The number of nitrogens with two attached hydrogens (primary N) is 1. The zero-order valence-electron chi connectivity index (χ0n) is 38.5. The van der Waals surface area contributed by atoms with Gasteiger partial charge in [-0.3, -0.25) is 33.6 Å². The summed E-state index contributed by atoms with van der Waals surface area (Å²) in [7, 11) is 0.488. The predicted octanol–water partition coefficient (Wildman–Crippen LogP) is 1.78. The summed E-state index contributed by atoms with van der Waals surface area (Å²) in [6.07, 6.45) is 3.08. The third kappa shape index (κ3) is 11.3. The minimum Gasteiger partial charge on any atom is -0.404 e. The van der Waals surface area contributed by atoms with E-state index < -0.39 is 103 Å². The van der Waals surface area contributed by atoms with E-state index in [1.54, 1.807) is 19.1 Å². The Kier molecular flexibility index (Phi) is 16.0. The van der Waals surface area contributed by atoms with E-state index in [0.29, 0.717) is 17.4 Å². The Morgan fingerprint density at radius 3 is 2.02 bits per heavy atom. The van der Waals surface area contributed by atoms with E-state index in [4.69, 9.17) is 15.0 Å². The van der Waals surface area contributed by atoms with Crippen molar-refractivity contribution in [1.29, 1.82) is 0 Å². The number of aliphatic hydroxyl groups is 1. The molecule has 2 bridgehead atoms. The fourth-order valence-corrected chi connectivity index (χ4v) is 9.30. The maximum absolute atomic E-state index is 13.5. The van der Waals surface area contributed by atoms with E-state index in [-0.39, 0.29) is 11.5 Å². The number of hydrogen-bond acceptors (Lipinski definition) is 10. The summed E-state index contributed by atoms with van der Waals surface area (Å²) >= 11 is 0. The lowest BCUT2D eigenvalue weighted by Crippen LogP contribution is -2.65. The summed E-state index contributed by atoms with van der Waals surface area (Å²) in [5.74, 6) is -5.07. The molecule has 17 nitrogen and oxygen atoms in total. The van der Waals surface area contributed by atoms with Crippen molar-refractivity contribution in [2.24, 2.45) is 23.0 Å². The fourth-order valence-electron chi connectivity index (χ4n) is 9.30. The molecule has 2 aromatic carbocycles. The van der Waals surface area contributed by atoms with Gasteiger partial charge < -0.3 is 51.6 Å². The van der Waals surface area contributed by atoms with Gasteiger partial charge in [-0.05, 0) is 106 Å². The van der Waals surface area contributed by atoms with Crippen molar-refractivity contribution in [3.05, 3.63) is 59.7 Å². The van der Waals surface area contributed by atoms with Gasteiger partial charge >= 0.3 is 7.12 Å². The number of primary amides is 1. The molecule has 4 fully saturated rings. The molecule has 6 rings (SSSR count). The maximum atomic E-state index is 13.5. The first kappa shape index (κ1) is 49.7. The zero-order chi connectivity index (χ0) is 47.3. The Morgan fingerprint density at radius 2 is 1.44 bits per heavy atom. The molecule has 64 heavy (non-hydrogen) atoms. The topological polar surface area (TPSA) is 248 Å². The summed E-state index contributed by atoms with van der Waals surface area (Å²) in [6, 6.07) is 10.0. The van der Waals surface area contributed by atoms with Gasteiger partial charge in [0.25, 0.3) is 5.91 Å². The summed E-state index contributed by atoms with van der Waals surface area (Å²) in [4.78, 5) is 92.2. The number of aliphatic hydroxyl groups excluding tert-OH is 1. The highest BCUT2D eigenvalue weighted by Gasteiger charge is 2.68. The molecule has 2 aromatic rings. The number of rotatable bonds is 20. The number of amides is 7. The van der Waals surface area contributed by atoms with Gasteiger partial charge in [-0.1, -0.05) is 63.6 Å². The standard InChI is InChI=1S/C46H66BN7O10/c1-10-11-12-29-13-15-30(16-14-29)31-17-19-32(20-18-31)42(60)50-25(2)40(58)49-24-38(57)54(9)39(27(4)55)44(62)51-26(3)41(59)53-34(23-37(48)56)43(61)52-28(5)47-63-36-22-33-21-35(45(33,6)7)46(36,8)64-47/h13-20,25-28,33-36,39,55H,10-12,21-24H2,1-9H3,(H2,48,56)(H,49,58)(H,50,60)(H,51,62)(H,52,61)(H,53,59)/t25-,26+,27?,28+,33+,34+,35+,36?,39+,46+/m1/s1. The number of unbranched alkanes of at least 4 members (excludes halogenated alkanes) is 1. The molecule has 18 heteroatoms. The van der Waals surface area contributed by atoms with Crippen molar-refractivity contribution in [2.45, 2.75) is 142 Å². The third-order valence-corrected chi connectivity index (χ3v) is 13.5. The van der Waals surface area contributed by atoms with E-state index in [1.807, 2.05) is 31.2 Å². The normalized spacial score (nSPS) is 23.3. The van der Waals surface area contributed by atoms with Crippen LogP contribution < -0.4 is 32.3 Å². The lowest BCUT2D eigenvalue weighted by atomic mass is 9.43. The van der Waals surface area contributed by atoms with Crippen molar-refractivity contribution in [3.63, 3.8) is 0 Å². The van der Waals surface area contributed by atoms with Gasteiger partial charge in [0.1, 0.15) is 24.2 Å². The van der Waals surface area contributed by atoms with Gasteiger partial charge in [-0.15, -0.1) is 0 Å². The van der Waals surface area contributed by atoms with Gasteiger partial charge in [-0.25, -0.2) is 0 Å². The van der Waals surface area contributed by atoms with Crippen LogP contribution in [-0.2, 0) is 44.5 Å². The van der Waals surface area contributed by atoms with E-state index in [1.165, 1.54) is 33.4 Å². The average molecular weight is 888 g/mol. The number of hydrogen-bond donors (Lipinski definition) is 7. The van der Waals surface area contributed by atoms with Crippen LogP contribution in [0.25, 0.3) is 11.1 Å². The molecule has 3 saturated carbocycles. The number of nitrogens with one attached hydrogen (secondary N) is 5. The molecule has 1 saturated heterocycles. The minimum atomic E-state index is -1.50. The second-order valence-corrected chi connectivity index (χ2v) is 18.6. The first-order valence-corrected chi connectivity index (χ1v) is 22.3. The molecular formula is C46H66BN7O10. The maximum Gasteiger partial charge on any atom is 0.481 e. The van der Waals surface area contributed by atoms with E-state index in [0.717, 1.165) is 48.1 Å². The van der Waals surface area contributed by atoms with Crippen LogP contribution in [-0.4, -0.2) is 120 Å². The summed E-state index contributed by atoms with van der Waals surface area (Å²) in [6.45, 7) is 13.9. The van der Waals surface area contributed by atoms with Crippen LogP contribution in [0, 0.1) is 17.3 Å². The first-order chi connectivity index (χ1) is 30.1. The molecule has 4 aliphatic rings. The SMILES string of the molecule is CCCCc1ccc(-c2ccc(C(=O)N[C@H](C)C(=O)NCC(=O)N(C)[C@H](C(=O)N[C@@H](C)C(=O)N[C@@H](CC(N)=O)C(=O)N[C@@H](C)B3OC4C[C@@H]5C[C@@H](C5(C)C)[C@]4(C)O3)C(C)O)cc2)cc1. The molecule has 1 aliphatic heterocycles. The van der Waals surface area contributed by atoms with E-state index >= 15 is 0 Å². The number of carbonyl (C=O) groups is 7. The molecule has 0 spiro atoms. The highest BCUT2D eigenvalue weighted by Crippen LogP contribution is 2.65. The smallest absolute Gasteiger partial charge is 0.404 e. The fraction of sp³-hybridized carbons (Fsp3) is 0.587. The first-order valence-electron chi connectivity index (χ1n) is 22.3. The summed E-state index contributed by atoms with van der Waals surface area (Å²) in [5.41, 5.74) is 8.59. The number of nitrogens with zero attached hydrogens (tertiary/aromatic N) is 1. The van der Waals surface area contributed by atoms with Crippen LogP contribution in [0.2, 0.25) is 0 Å². The molecule has 10 atom stereocenters. The Hall–Kier alpha value is -5.33. The Labute approximate surface area is 376 Å². The summed E-state index contributed by atoms with van der Waals surface area (Å²) < 4.78 is 12.7.